The van der Waals surface area contributed by atoms with Crippen LogP contribution in [0.2, 0.25) is 0 Å². The average Bonchev–Trinajstić information content (AvgIpc) is 3.35. The van der Waals surface area contributed by atoms with Crippen LogP contribution in [0.3, 0.4) is 0 Å². The lowest BCUT2D eigenvalue weighted by Gasteiger charge is -2.26. The van der Waals surface area contributed by atoms with Gasteiger partial charge in [-0.3, -0.25) is 0 Å². The summed E-state index contributed by atoms with van der Waals surface area (Å²) in [5, 5.41) is 0. The molecule has 0 aromatic heterocycles. The Morgan fingerprint density at radius 2 is 0.761 bits per heavy atom. The minimum Gasteiger partial charge on any atom is -0.311 e. The first-order valence-corrected chi connectivity index (χ1v) is 16.0. The summed E-state index contributed by atoms with van der Waals surface area (Å²) >= 11 is 0. The molecule has 0 aliphatic heterocycles. The molecule has 7 aromatic carbocycles. The molecule has 0 unspecified atom stereocenters. The lowest BCUT2D eigenvalue weighted by atomic mass is 9.81. The van der Waals surface area contributed by atoms with Gasteiger partial charge in [-0.15, -0.1) is 0 Å². The van der Waals surface area contributed by atoms with Crippen LogP contribution in [0, 0.1) is 0 Å². The quantitative estimate of drug-likeness (QED) is 0.186. The standard InChI is InChI=1S/C45H35N/c1-45(2)43-19-10-9-18-41(43)42-29-24-37(31-44(42)45)36-15-11-14-35(30-36)34-22-27-40(28-23-34)46(38-16-7-4-8-17-38)39-25-20-33(21-26-39)32-12-5-3-6-13-32/h3-31H,1-2H3. The van der Waals surface area contributed by atoms with Gasteiger partial charge in [0.2, 0.25) is 0 Å². The van der Waals surface area contributed by atoms with E-state index < -0.39 is 0 Å². The second kappa shape index (κ2) is 11.4. The van der Waals surface area contributed by atoms with Crippen molar-refractivity contribution in [1.29, 1.82) is 0 Å². The summed E-state index contributed by atoms with van der Waals surface area (Å²) in [6, 6.07) is 63.7. The van der Waals surface area contributed by atoms with Gasteiger partial charge in [-0.25, -0.2) is 0 Å². The van der Waals surface area contributed by atoms with Gasteiger partial charge in [0.1, 0.15) is 0 Å². The number of rotatable bonds is 6. The van der Waals surface area contributed by atoms with E-state index in [1.54, 1.807) is 0 Å². The summed E-state index contributed by atoms with van der Waals surface area (Å²) in [5.74, 6) is 0. The summed E-state index contributed by atoms with van der Waals surface area (Å²) in [6.45, 7) is 4.69. The van der Waals surface area contributed by atoms with Gasteiger partial charge in [0.05, 0.1) is 0 Å². The van der Waals surface area contributed by atoms with E-state index in [-0.39, 0.29) is 5.41 Å². The summed E-state index contributed by atoms with van der Waals surface area (Å²) in [4.78, 5) is 2.32. The van der Waals surface area contributed by atoms with Gasteiger partial charge in [-0.2, -0.15) is 0 Å². The van der Waals surface area contributed by atoms with Crippen LogP contribution in [0.1, 0.15) is 25.0 Å². The third-order valence-electron chi connectivity index (χ3n) is 9.49. The van der Waals surface area contributed by atoms with Crippen molar-refractivity contribution < 1.29 is 0 Å². The van der Waals surface area contributed by atoms with Crippen LogP contribution in [0.25, 0.3) is 44.5 Å². The topological polar surface area (TPSA) is 3.24 Å². The molecular formula is C45H35N. The van der Waals surface area contributed by atoms with Gasteiger partial charge < -0.3 is 4.90 Å². The predicted octanol–water partition coefficient (Wildman–Crippen LogP) is 12.5. The molecule has 1 heteroatoms. The Morgan fingerprint density at radius 1 is 0.326 bits per heavy atom. The number of benzene rings is 7. The van der Waals surface area contributed by atoms with Crippen LogP contribution in [0.15, 0.2) is 176 Å². The maximum Gasteiger partial charge on any atom is 0.0462 e. The smallest absolute Gasteiger partial charge is 0.0462 e. The van der Waals surface area contributed by atoms with E-state index in [1.165, 1.54) is 55.6 Å². The molecule has 0 saturated heterocycles. The molecular weight excluding hydrogens is 555 g/mol. The van der Waals surface area contributed by atoms with Crippen molar-refractivity contribution in [2.75, 3.05) is 4.90 Å². The number of para-hydroxylation sites is 1. The molecule has 1 aliphatic rings. The van der Waals surface area contributed by atoms with Crippen molar-refractivity contribution in [2.45, 2.75) is 19.3 Å². The minimum absolute atomic E-state index is 0.0120. The molecule has 1 aliphatic carbocycles. The third-order valence-corrected chi connectivity index (χ3v) is 9.49. The zero-order valence-corrected chi connectivity index (χ0v) is 26.2. The Hall–Kier alpha value is -5.66. The Bertz CT molecular complexity index is 2140. The minimum atomic E-state index is -0.0120. The molecule has 0 amide bonds. The van der Waals surface area contributed by atoms with Gasteiger partial charge in [0.25, 0.3) is 0 Å². The van der Waals surface area contributed by atoms with Crippen molar-refractivity contribution in [1.82, 2.24) is 0 Å². The normalized spacial score (nSPS) is 12.7. The van der Waals surface area contributed by atoms with Crippen molar-refractivity contribution in [3.8, 4) is 44.5 Å². The Kier molecular flexibility index (Phi) is 6.88. The van der Waals surface area contributed by atoms with Gasteiger partial charge in [-0.1, -0.05) is 141 Å². The second-order valence-electron chi connectivity index (χ2n) is 12.6. The summed E-state index contributed by atoms with van der Waals surface area (Å²) in [5.41, 5.74) is 16.2. The van der Waals surface area contributed by atoms with Gasteiger partial charge >= 0.3 is 0 Å². The molecule has 7 aromatic rings. The first-order chi connectivity index (χ1) is 22.6. The van der Waals surface area contributed by atoms with Gasteiger partial charge in [0, 0.05) is 22.5 Å². The van der Waals surface area contributed by atoms with E-state index in [9.17, 15) is 0 Å². The fraction of sp³-hybridized carbons (Fsp3) is 0.0667. The molecule has 0 atom stereocenters. The number of hydrogen-bond acceptors (Lipinski definition) is 1. The first-order valence-electron chi connectivity index (χ1n) is 16.0. The Morgan fingerprint density at radius 3 is 1.43 bits per heavy atom. The molecule has 220 valence electrons. The Labute approximate surface area is 272 Å². The maximum atomic E-state index is 2.40. The second-order valence-corrected chi connectivity index (χ2v) is 12.6. The molecule has 0 N–H and O–H groups in total. The third kappa shape index (κ3) is 4.91. The van der Waals surface area contributed by atoms with Crippen LogP contribution in [-0.4, -0.2) is 0 Å². The largest absolute Gasteiger partial charge is 0.311 e. The van der Waals surface area contributed by atoms with Crippen molar-refractivity contribution >= 4 is 17.1 Å². The van der Waals surface area contributed by atoms with E-state index in [2.05, 4.69) is 195 Å². The van der Waals surface area contributed by atoms with Crippen LogP contribution >= 0.6 is 0 Å². The number of anilines is 3. The van der Waals surface area contributed by atoms with Crippen LogP contribution in [0.4, 0.5) is 17.1 Å². The number of nitrogens with zero attached hydrogens (tertiary/aromatic N) is 1. The van der Waals surface area contributed by atoms with E-state index in [1.807, 2.05) is 0 Å². The fourth-order valence-electron chi connectivity index (χ4n) is 7.02. The Balaban J connectivity index is 1.11. The van der Waals surface area contributed by atoms with Gasteiger partial charge in [-0.05, 0) is 104 Å². The molecule has 46 heavy (non-hydrogen) atoms. The van der Waals surface area contributed by atoms with Crippen LogP contribution < -0.4 is 4.90 Å². The average molecular weight is 590 g/mol. The predicted molar refractivity (Wildman–Crippen MR) is 195 cm³/mol. The zero-order valence-electron chi connectivity index (χ0n) is 26.2. The molecule has 0 bridgehead atoms. The van der Waals surface area contributed by atoms with Crippen LogP contribution in [-0.2, 0) is 5.41 Å². The first kappa shape index (κ1) is 27.9. The van der Waals surface area contributed by atoms with E-state index in [4.69, 9.17) is 0 Å². The lowest BCUT2D eigenvalue weighted by Crippen LogP contribution is -2.14. The monoisotopic (exact) mass is 589 g/mol. The number of fused-ring (bicyclic) bond motifs is 3. The zero-order chi connectivity index (χ0) is 31.1. The van der Waals surface area contributed by atoms with Crippen molar-refractivity contribution in [3.63, 3.8) is 0 Å². The maximum absolute atomic E-state index is 2.40. The highest BCUT2D eigenvalue weighted by Gasteiger charge is 2.35. The molecule has 1 nitrogen and oxygen atoms in total. The molecule has 0 radical (unpaired) electrons. The molecule has 0 fully saturated rings. The van der Waals surface area contributed by atoms with Crippen LogP contribution in [0.5, 0.6) is 0 Å². The lowest BCUT2D eigenvalue weighted by molar-refractivity contribution is 0.660. The summed E-state index contributed by atoms with van der Waals surface area (Å²) in [7, 11) is 0. The highest BCUT2D eigenvalue weighted by atomic mass is 15.1. The molecule has 8 rings (SSSR count). The molecule has 0 saturated carbocycles. The SMILES string of the molecule is CC1(C)c2ccccc2-c2ccc(-c3cccc(-c4ccc(N(c5ccccc5)c5ccc(-c6ccccc6)cc5)cc4)c3)cc21. The molecule has 0 spiro atoms. The van der Waals surface area contributed by atoms with E-state index in [0.717, 1.165) is 17.1 Å². The highest BCUT2D eigenvalue weighted by molar-refractivity contribution is 5.85. The van der Waals surface area contributed by atoms with E-state index in [0.29, 0.717) is 0 Å². The summed E-state index contributed by atoms with van der Waals surface area (Å²) < 4.78 is 0. The van der Waals surface area contributed by atoms with E-state index >= 15 is 0 Å². The highest BCUT2D eigenvalue weighted by Crippen LogP contribution is 2.49. The van der Waals surface area contributed by atoms with Crippen molar-refractivity contribution in [2.24, 2.45) is 0 Å². The summed E-state index contributed by atoms with van der Waals surface area (Å²) in [6.07, 6.45) is 0. The molecule has 0 heterocycles. The number of hydrogen-bond donors (Lipinski definition) is 0. The van der Waals surface area contributed by atoms with Crippen molar-refractivity contribution in [3.05, 3.63) is 187 Å². The fourth-order valence-corrected chi connectivity index (χ4v) is 7.02. The van der Waals surface area contributed by atoms with Gasteiger partial charge in [0.15, 0.2) is 0 Å².